The van der Waals surface area contributed by atoms with Gasteiger partial charge < -0.3 is 34.1 Å². The predicted octanol–water partition coefficient (Wildman–Crippen LogP) is 3.40. The number of rotatable bonds is 13. The zero-order valence-electron chi connectivity index (χ0n) is 22.3. The fraction of sp³-hybridized carbons (Fsp3) is 0.481. The normalized spacial score (nSPS) is 17.9. The Balaban J connectivity index is 1.68. The Morgan fingerprint density at radius 2 is 1.76 bits per heavy atom. The summed E-state index contributed by atoms with van der Waals surface area (Å²) in [6.07, 6.45) is 2.61. The molecule has 1 fully saturated rings. The van der Waals surface area contributed by atoms with Gasteiger partial charge in [-0.2, -0.15) is 0 Å². The van der Waals surface area contributed by atoms with Crippen molar-refractivity contribution in [1.82, 2.24) is 10.1 Å². The molecule has 200 valence electrons. The highest BCUT2D eigenvalue weighted by atomic mass is 16.5. The second-order valence-electron chi connectivity index (χ2n) is 9.39. The summed E-state index contributed by atoms with van der Waals surface area (Å²) in [5, 5.41) is 12.3. The van der Waals surface area contributed by atoms with Gasteiger partial charge in [0.2, 0.25) is 5.91 Å². The van der Waals surface area contributed by atoms with Crippen molar-refractivity contribution in [1.29, 1.82) is 0 Å². The number of likely N-dealkylation sites (tertiary alicyclic amines) is 1. The summed E-state index contributed by atoms with van der Waals surface area (Å²) < 4.78 is 21.6. The lowest BCUT2D eigenvalue weighted by molar-refractivity contribution is -0.152. The minimum absolute atomic E-state index is 0.0847. The maximum absolute atomic E-state index is 13.6. The van der Waals surface area contributed by atoms with Crippen LogP contribution in [0.5, 0.6) is 23.0 Å². The largest absolute Gasteiger partial charge is 0.493 e. The summed E-state index contributed by atoms with van der Waals surface area (Å²) in [7, 11) is 3.92. The number of benzene rings is 2. The summed E-state index contributed by atoms with van der Waals surface area (Å²) in [5.41, 5.74) is 0.117. The molecule has 0 aromatic heterocycles. The first-order valence-electron chi connectivity index (χ1n) is 12.5. The van der Waals surface area contributed by atoms with Crippen LogP contribution >= 0.6 is 0 Å². The monoisotopic (exact) mass is 512 g/mol. The first kappa shape index (κ1) is 28.3. The van der Waals surface area contributed by atoms with E-state index in [1.807, 2.05) is 31.2 Å². The number of amides is 1. The fourth-order valence-electron chi connectivity index (χ4n) is 4.65. The molecule has 3 rings (SSSR count). The average Bonchev–Trinajstić information content (AvgIpc) is 3.20. The highest BCUT2D eigenvalue weighted by Crippen LogP contribution is 2.39. The molecule has 10 heteroatoms. The number of nitrogens with zero attached hydrogens (tertiary/aromatic N) is 1. The topological polar surface area (TPSA) is 107 Å². The minimum atomic E-state index is -0.748. The van der Waals surface area contributed by atoms with E-state index in [0.717, 1.165) is 18.4 Å². The van der Waals surface area contributed by atoms with Crippen LogP contribution in [0.25, 0.3) is 0 Å². The Kier molecular flexibility index (Phi) is 9.83. The van der Waals surface area contributed by atoms with Crippen molar-refractivity contribution in [2.45, 2.75) is 50.9 Å². The number of nitrogens with one attached hydrogen (secondary N) is 1. The molecule has 0 saturated carbocycles. The van der Waals surface area contributed by atoms with Crippen molar-refractivity contribution in [3.8, 4) is 23.0 Å². The van der Waals surface area contributed by atoms with Crippen LogP contribution in [0, 0.1) is 0 Å². The molecular weight excluding hydrogens is 475 g/mol. The zero-order chi connectivity index (χ0) is 27.0. The first-order valence-corrected chi connectivity index (χ1v) is 12.5. The van der Waals surface area contributed by atoms with E-state index < -0.39 is 24.5 Å². The Hall–Kier alpha value is -3.24. The lowest BCUT2D eigenvalue weighted by atomic mass is 9.81. The quantitative estimate of drug-likeness (QED) is 0.239. The van der Waals surface area contributed by atoms with E-state index in [0.29, 0.717) is 48.9 Å². The van der Waals surface area contributed by atoms with E-state index in [1.54, 1.807) is 44.1 Å². The highest BCUT2D eigenvalue weighted by Gasteiger charge is 2.47. The van der Waals surface area contributed by atoms with E-state index in [2.05, 4.69) is 5.23 Å². The van der Waals surface area contributed by atoms with Gasteiger partial charge >= 0.3 is 13.0 Å². The van der Waals surface area contributed by atoms with E-state index in [1.165, 1.54) is 7.11 Å². The van der Waals surface area contributed by atoms with Gasteiger partial charge in [0.1, 0.15) is 17.5 Å². The molecule has 2 aromatic rings. The van der Waals surface area contributed by atoms with Crippen molar-refractivity contribution in [3.05, 3.63) is 48.0 Å². The van der Waals surface area contributed by atoms with Gasteiger partial charge in [-0.15, -0.1) is 0 Å². The molecule has 1 saturated heterocycles. The number of ether oxygens (including phenoxy) is 4. The van der Waals surface area contributed by atoms with Gasteiger partial charge in [0.25, 0.3) is 0 Å². The standard InChI is InChI=1S/C27H37BN2O7/c1-27(15-17-30(26(27)32)22(25(31)36-5)8-6-7-16-29-28(2)33)19-9-11-20(12-10-19)37-21-13-14-23(34-3)24(18-21)35-4/h9-14,18,22,29,33H,6-8,15-17H2,1-5H3/t22-,27+/m1/s1. The number of hydrogen-bond donors (Lipinski definition) is 2. The van der Waals surface area contributed by atoms with Crippen LogP contribution in [0.1, 0.15) is 38.2 Å². The van der Waals surface area contributed by atoms with Crippen LogP contribution in [0.4, 0.5) is 0 Å². The molecule has 0 radical (unpaired) electrons. The van der Waals surface area contributed by atoms with Crippen molar-refractivity contribution < 1.29 is 33.6 Å². The Bertz CT molecular complexity index is 1060. The number of carbonyl (C=O) groups is 2. The van der Waals surface area contributed by atoms with Crippen molar-refractivity contribution in [3.63, 3.8) is 0 Å². The lowest BCUT2D eigenvalue weighted by Crippen LogP contribution is -2.46. The van der Waals surface area contributed by atoms with E-state index >= 15 is 0 Å². The lowest BCUT2D eigenvalue weighted by Gasteiger charge is -2.29. The van der Waals surface area contributed by atoms with Crippen LogP contribution in [-0.4, -0.2) is 69.3 Å². The Morgan fingerprint density at radius 1 is 1.08 bits per heavy atom. The maximum atomic E-state index is 13.6. The minimum Gasteiger partial charge on any atom is -0.493 e. The Morgan fingerprint density at radius 3 is 2.38 bits per heavy atom. The van der Waals surface area contributed by atoms with Gasteiger partial charge in [0.05, 0.1) is 26.7 Å². The second kappa shape index (κ2) is 12.8. The molecule has 37 heavy (non-hydrogen) atoms. The molecule has 0 spiro atoms. The highest BCUT2D eigenvalue weighted by molar-refractivity contribution is 6.45. The summed E-state index contributed by atoms with van der Waals surface area (Å²) in [6.45, 7) is 4.69. The van der Waals surface area contributed by atoms with Gasteiger partial charge in [0, 0.05) is 12.6 Å². The van der Waals surface area contributed by atoms with Crippen molar-refractivity contribution >= 4 is 18.9 Å². The summed E-state index contributed by atoms with van der Waals surface area (Å²) in [4.78, 5) is 27.8. The van der Waals surface area contributed by atoms with E-state index in [-0.39, 0.29) is 5.91 Å². The van der Waals surface area contributed by atoms with Gasteiger partial charge in [-0.05, 0) is 75.8 Å². The number of hydrogen-bond acceptors (Lipinski definition) is 8. The molecule has 1 heterocycles. The number of carbonyl (C=O) groups excluding carboxylic acids is 2. The van der Waals surface area contributed by atoms with Crippen molar-refractivity contribution in [2.24, 2.45) is 0 Å². The Labute approximate surface area is 219 Å². The van der Waals surface area contributed by atoms with E-state index in [4.69, 9.17) is 18.9 Å². The average molecular weight is 512 g/mol. The summed E-state index contributed by atoms with van der Waals surface area (Å²) in [6, 6.07) is 12.1. The molecule has 2 N–H and O–H groups in total. The van der Waals surface area contributed by atoms with Gasteiger partial charge in [-0.25, -0.2) is 4.79 Å². The molecule has 1 amide bonds. The molecular formula is C27H37BN2O7. The summed E-state index contributed by atoms with van der Waals surface area (Å²) in [5.74, 6) is 1.92. The molecule has 0 unspecified atom stereocenters. The molecule has 1 aliphatic rings. The predicted molar refractivity (Wildman–Crippen MR) is 141 cm³/mol. The van der Waals surface area contributed by atoms with Gasteiger partial charge in [0.15, 0.2) is 11.5 Å². The maximum Gasteiger partial charge on any atom is 0.373 e. The molecule has 2 atom stereocenters. The van der Waals surface area contributed by atoms with Crippen LogP contribution in [0.15, 0.2) is 42.5 Å². The smallest absolute Gasteiger partial charge is 0.373 e. The van der Waals surface area contributed by atoms with Crippen LogP contribution in [0.2, 0.25) is 6.82 Å². The van der Waals surface area contributed by atoms with Crippen LogP contribution in [0.3, 0.4) is 0 Å². The number of methoxy groups -OCH3 is 3. The van der Waals surface area contributed by atoms with Gasteiger partial charge in [-0.3, -0.25) is 4.79 Å². The third-order valence-corrected chi connectivity index (χ3v) is 6.86. The summed E-state index contributed by atoms with van der Waals surface area (Å²) >= 11 is 0. The van der Waals surface area contributed by atoms with Crippen LogP contribution in [-0.2, 0) is 19.7 Å². The molecule has 0 bridgehead atoms. The third-order valence-electron chi connectivity index (χ3n) is 6.86. The molecule has 1 aliphatic heterocycles. The molecule has 9 nitrogen and oxygen atoms in total. The fourth-order valence-corrected chi connectivity index (χ4v) is 4.65. The van der Waals surface area contributed by atoms with Crippen molar-refractivity contribution in [2.75, 3.05) is 34.4 Å². The second-order valence-corrected chi connectivity index (χ2v) is 9.39. The number of unbranched alkanes of at least 4 members (excludes halogenated alkanes) is 1. The molecule has 2 aromatic carbocycles. The van der Waals surface area contributed by atoms with Crippen LogP contribution < -0.4 is 19.4 Å². The first-order chi connectivity index (χ1) is 17.7. The SMILES string of the molecule is COC(=O)[C@@H](CCCCNB(C)O)N1CC[C@@](C)(c2ccc(Oc3ccc(OC)c(OC)c3)cc2)C1=O. The molecule has 0 aliphatic carbocycles. The van der Waals surface area contributed by atoms with E-state index in [9.17, 15) is 14.6 Å². The third kappa shape index (κ3) is 6.75. The number of esters is 1. The van der Waals surface area contributed by atoms with Gasteiger partial charge in [-0.1, -0.05) is 12.1 Å². The zero-order valence-corrected chi connectivity index (χ0v) is 22.3.